The van der Waals surface area contributed by atoms with Crippen LogP contribution in [0.1, 0.15) is 38.2 Å². The van der Waals surface area contributed by atoms with E-state index in [0.717, 1.165) is 24.6 Å². The topological polar surface area (TPSA) is 81.7 Å². The molecule has 2 aromatic rings. The zero-order valence-electron chi connectivity index (χ0n) is 21.7. The summed E-state index contributed by atoms with van der Waals surface area (Å²) in [6.07, 6.45) is -1.15. The molecule has 1 aliphatic heterocycles. The van der Waals surface area contributed by atoms with E-state index in [0.29, 0.717) is 23.3 Å². The summed E-state index contributed by atoms with van der Waals surface area (Å²) < 4.78 is 56.1. The van der Waals surface area contributed by atoms with Crippen LogP contribution in [0.25, 0.3) is 10.9 Å². The van der Waals surface area contributed by atoms with Crippen LogP contribution in [-0.4, -0.2) is 63.2 Å². The lowest BCUT2D eigenvalue weighted by molar-refractivity contribution is -0.144. The molecule has 6 unspecified atom stereocenters. The Bertz CT molecular complexity index is 1100. The van der Waals surface area contributed by atoms with Gasteiger partial charge in [-0.05, 0) is 67.3 Å². The van der Waals surface area contributed by atoms with E-state index >= 15 is 0 Å². The highest BCUT2D eigenvalue weighted by Gasteiger charge is 2.49. The lowest BCUT2D eigenvalue weighted by atomic mass is 9.63. The second-order valence-corrected chi connectivity index (χ2v) is 10.1. The number of amides is 1. The number of carbonyl (C=O) groups excluding carboxylic acids is 1. The smallest absolute Gasteiger partial charge is 0.405 e. The van der Waals surface area contributed by atoms with E-state index < -0.39 is 18.6 Å². The monoisotopic (exact) mass is 523 g/mol. The first-order valence-corrected chi connectivity index (χ1v) is 12.8. The molecule has 6 atom stereocenters. The number of anilines is 1. The van der Waals surface area contributed by atoms with Gasteiger partial charge in [-0.25, -0.2) is 4.98 Å². The van der Waals surface area contributed by atoms with Crippen LogP contribution in [0.15, 0.2) is 24.3 Å². The number of nitrogens with zero attached hydrogens (tertiary/aromatic N) is 1. The van der Waals surface area contributed by atoms with Crippen molar-refractivity contribution in [1.29, 1.82) is 0 Å². The third kappa shape index (κ3) is 6.12. The van der Waals surface area contributed by atoms with Crippen molar-refractivity contribution in [3.63, 3.8) is 0 Å². The molecule has 4 rings (SSSR count). The lowest BCUT2D eigenvalue weighted by Crippen LogP contribution is -2.59. The number of hydrogen-bond acceptors (Lipinski definition) is 6. The van der Waals surface area contributed by atoms with Crippen LogP contribution in [-0.2, 0) is 20.7 Å². The summed E-state index contributed by atoms with van der Waals surface area (Å²) >= 11 is 0. The van der Waals surface area contributed by atoms with Gasteiger partial charge in [0.15, 0.2) is 0 Å². The number of piperidine rings is 1. The van der Waals surface area contributed by atoms with E-state index in [2.05, 4.69) is 22.5 Å². The third-order valence-corrected chi connectivity index (χ3v) is 7.87. The van der Waals surface area contributed by atoms with Crippen LogP contribution in [0.3, 0.4) is 0 Å². The molecule has 2 fully saturated rings. The van der Waals surface area contributed by atoms with Crippen LogP contribution >= 0.6 is 0 Å². The van der Waals surface area contributed by atoms with E-state index in [4.69, 9.17) is 14.2 Å². The van der Waals surface area contributed by atoms with Gasteiger partial charge in [-0.3, -0.25) is 4.79 Å². The number of carbonyl (C=O) groups is 1. The molecule has 204 valence electrons. The van der Waals surface area contributed by atoms with Gasteiger partial charge in [0.2, 0.25) is 5.91 Å². The Balaban J connectivity index is 1.71. The molecular formula is C27H36F3N3O4. The minimum Gasteiger partial charge on any atom is -0.497 e. The highest BCUT2D eigenvalue weighted by atomic mass is 19.4. The van der Waals surface area contributed by atoms with E-state index in [1.165, 1.54) is 0 Å². The molecule has 1 aliphatic carbocycles. The molecule has 37 heavy (non-hydrogen) atoms. The number of pyridine rings is 1. The zero-order valence-corrected chi connectivity index (χ0v) is 21.7. The van der Waals surface area contributed by atoms with Gasteiger partial charge in [-0.2, -0.15) is 13.2 Å². The molecule has 0 bridgehead atoms. The minimum atomic E-state index is -4.40. The van der Waals surface area contributed by atoms with Crippen molar-refractivity contribution in [3.8, 4) is 5.75 Å². The molecule has 2 heterocycles. The number of alkyl halides is 3. The summed E-state index contributed by atoms with van der Waals surface area (Å²) in [5.74, 6) is 0.471. The first-order valence-electron chi connectivity index (χ1n) is 12.8. The van der Waals surface area contributed by atoms with Gasteiger partial charge < -0.3 is 24.8 Å². The molecular weight excluding hydrogens is 487 g/mol. The van der Waals surface area contributed by atoms with E-state index in [9.17, 15) is 18.0 Å². The predicted molar refractivity (Wildman–Crippen MR) is 135 cm³/mol. The molecule has 1 aromatic heterocycles. The van der Waals surface area contributed by atoms with Crippen molar-refractivity contribution in [2.24, 2.45) is 17.8 Å². The summed E-state index contributed by atoms with van der Waals surface area (Å²) in [5, 5.41) is 6.43. The second-order valence-electron chi connectivity index (χ2n) is 10.1. The number of halogens is 3. The molecule has 1 saturated heterocycles. The summed E-state index contributed by atoms with van der Waals surface area (Å²) in [6.45, 7) is 0.882. The van der Waals surface area contributed by atoms with E-state index in [1.807, 2.05) is 6.07 Å². The predicted octanol–water partition coefficient (Wildman–Crippen LogP) is 4.73. The highest BCUT2D eigenvalue weighted by molar-refractivity contribution is 5.84. The van der Waals surface area contributed by atoms with Gasteiger partial charge in [0, 0.05) is 31.6 Å². The summed E-state index contributed by atoms with van der Waals surface area (Å²) in [4.78, 5) is 18.0. The highest BCUT2D eigenvalue weighted by Crippen LogP contribution is 2.44. The Morgan fingerprint density at radius 3 is 2.41 bits per heavy atom. The van der Waals surface area contributed by atoms with Crippen molar-refractivity contribution in [3.05, 3.63) is 29.8 Å². The number of nitrogens with one attached hydrogen (secondary N) is 2. The molecule has 0 spiro atoms. The molecule has 1 aromatic carbocycles. The number of methoxy groups -OCH3 is 3. The van der Waals surface area contributed by atoms with Gasteiger partial charge in [0.25, 0.3) is 0 Å². The van der Waals surface area contributed by atoms with Crippen molar-refractivity contribution in [1.82, 2.24) is 10.3 Å². The van der Waals surface area contributed by atoms with Crippen molar-refractivity contribution in [2.45, 2.75) is 63.5 Å². The van der Waals surface area contributed by atoms with Crippen LogP contribution in [0, 0.1) is 17.8 Å². The first-order chi connectivity index (χ1) is 17.7. The largest absolute Gasteiger partial charge is 0.497 e. The van der Waals surface area contributed by atoms with Crippen LogP contribution < -0.4 is 15.4 Å². The van der Waals surface area contributed by atoms with Crippen LogP contribution in [0.5, 0.6) is 5.75 Å². The summed E-state index contributed by atoms with van der Waals surface area (Å²) in [5.41, 5.74) is 1.11. The Kier molecular flexibility index (Phi) is 8.48. The molecule has 2 N–H and O–H groups in total. The van der Waals surface area contributed by atoms with Crippen molar-refractivity contribution >= 4 is 22.6 Å². The molecule has 10 heteroatoms. The van der Waals surface area contributed by atoms with Crippen LogP contribution in [0.4, 0.5) is 19.0 Å². The van der Waals surface area contributed by atoms with Gasteiger partial charge in [0.05, 0.1) is 24.8 Å². The van der Waals surface area contributed by atoms with Crippen molar-refractivity contribution in [2.75, 3.05) is 33.2 Å². The van der Waals surface area contributed by atoms with Gasteiger partial charge in [-0.15, -0.1) is 0 Å². The third-order valence-electron chi connectivity index (χ3n) is 7.87. The standard InChI is InChI=1S/C27H36F3N3O4/c1-5-6-22-19-13-24(37-4)23(36-3)12-18(19)20(26(34)33-22)11-16-9-15-10-17(35-2)7-8-21(15)32-25(16)31-14-27(28,29)30/h7-10,18-20,22-24H,5-6,11-14H2,1-4H3,(H,31,32)(H,33,34). The normalized spacial score (nSPS) is 28.0. The average Bonchev–Trinajstić information content (AvgIpc) is 2.88. The zero-order chi connectivity index (χ0) is 26.7. The Hall–Kier alpha value is -2.59. The average molecular weight is 524 g/mol. The molecule has 1 amide bonds. The van der Waals surface area contributed by atoms with E-state index in [-0.39, 0.29) is 48.2 Å². The molecule has 2 aliphatic rings. The Labute approximate surface area is 215 Å². The number of aromatic nitrogens is 1. The fraction of sp³-hybridized carbons (Fsp3) is 0.630. The van der Waals surface area contributed by atoms with Crippen molar-refractivity contribution < 1.29 is 32.2 Å². The fourth-order valence-corrected chi connectivity index (χ4v) is 6.10. The lowest BCUT2D eigenvalue weighted by Gasteiger charge is -2.49. The number of hydrogen-bond donors (Lipinski definition) is 2. The quantitative estimate of drug-likeness (QED) is 0.495. The number of ether oxygens (including phenoxy) is 3. The second kappa shape index (κ2) is 11.4. The fourth-order valence-electron chi connectivity index (χ4n) is 6.10. The summed E-state index contributed by atoms with van der Waals surface area (Å²) in [7, 11) is 4.88. The van der Waals surface area contributed by atoms with Crippen LogP contribution in [0.2, 0.25) is 0 Å². The SMILES string of the molecule is CCCC1NC(=O)C(Cc2cc3cc(OC)ccc3nc2NCC(F)(F)F)C2CC(OC)C(OC)CC12. The maximum absolute atomic E-state index is 13.5. The maximum atomic E-state index is 13.5. The Morgan fingerprint density at radius 1 is 1.08 bits per heavy atom. The van der Waals surface area contributed by atoms with Gasteiger partial charge >= 0.3 is 6.18 Å². The van der Waals surface area contributed by atoms with E-state index in [1.54, 1.807) is 39.5 Å². The Morgan fingerprint density at radius 2 is 1.78 bits per heavy atom. The summed E-state index contributed by atoms with van der Waals surface area (Å²) in [6, 6.07) is 7.08. The minimum absolute atomic E-state index is 0.0122. The molecule has 0 radical (unpaired) electrons. The number of rotatable bonds is 9. The van der Waals surface area contributed by atoms with Gasteiger partial charge in [-0.1, -0.05) is 13.3 Å². The maximum Gasteiger partial charge on any atom is 0.405 e. The molecule has 1 saturated carbocycles. The number of fused-ring (bicyclic) bond motifs is 2. The first kappa shape index (κ1) is 27.4. The number of benzene rings is 1. The molecule has 7 nitrogen and oxygen atoms in total. The van der Waals surface area contributed by atoms with Gasteiger partial charge in [0.1, 0.15) is 18.1 Å².